The Kier molecular flexibility index (Phi) is 23.7. The Hall–Kier alpha value is -1.48. The van der Waals surface area contributed by atoms with Crippen LogP contribution in [0.2, 0.25) is 0 Å². The minimum Gasteiger partial charge on any atom is -0.462 e. The molecule has 4 N–H and O–H groups in total. The third-order valence-electron chi connectivity index (χ3n) is 9.20. The van der Waals surface area contributed by atoms with E-state index < -0.39 is 37.0 Å². The molecule has 7 atom stereocenters. The predicted octanol–water partition coefficient (Wildman–Crippen LogP) is 6.80. The first-order valence-corrected chi connectivity index (χ1v) is 17.9. The van der Waals surface area contributed by atoms with Crippen molar-refractivity contribution >= 4 is 11.9 Å². The number of aliphatic hydroxyl groups excluding tert-OH is 4. The molecule has 1 aliphatic carbocycles. The van der Waals surface area contributed by atoms with Gasteiger partial charge in [-0.25, -0.2) is 0 Å². The topological polar surface area (TPSA) is 134 Å². The van der Waals surface area contributed by atoms with Gasteiger partial charge in [-0.15, -0.1) is 0 Å². The highest BCUT2D eigenvalue weighted by Crippen LogP contribution is 2.37. The van der Waals surface area contributed by atoms with E-state index in [0.29, 0.717) is 25.7 Å². The van der Waals surface area contributed by atoms with Gasteiger partial charge in [0.2, 0.25) is 0 Å². The van der Waals surface area contributed by atoms with Crippen LogP contribution in [0.4, 0.5) is 0 Å². The van der Waals surface area contributed by atoms with E-state index in [1.165, 1.54) is 32.1 Å². The normalized spacial score (nSPS) is 22.2. The summed E-state index contributed by atoms with van der Waals surface area (Å²) in [7, 11) is 0. The second-order valence-corrected chi connectivity index (χ2v) is 13.2. The third-order valence-corrected chi connectivity index (χ3v) is 9.20. The largest absolute Gasteiger partial charge is 0.462 e. The number of carbonyl (C=O) groups is 2. The molecule has 258 valence electrons. The van der Waals surface area contributed by atoms with Crippen LogP contribution in [-0.2, 0) is 19.1 Å². The molecule has 8 heteroatoms. The summed E-state index contributed by atoms with van der Waals surface area (Å²) in [5, 5.41) is 40.7. The fourth-order valence-corrected chi connectivity index (χ4v) is 6.04. The molecule has 1 fully saturated rings. The summed E-state index contributed by atoms with van der Waals surface area (Å²) in [6.07, 6.45) is 19.2. The maximum Gasteiger partial charge on any atom is 0.306 e. The summed E-state index contributed by atoms with van der Waals surface area (Å²) in [5.41, 5.74) is 0. The molecule has 1 saturated carbocycles. The molecular weight excluding hydrogens is 560 g/mol. The van der Waals surface area contributed by atoms with Gasteiger partial charge >= 0.3 is 11.9 Å². The Morgan fingerprint density at radius 2 is 1.43 bits per heavy atom. The van der Waals surface area contributed by atoms with Crippen molar-refractivity contribution in [2.45, 2.75) is 174 Å². The van der Waals surface area contributed by atoms with Crippen LogP contribution in [0.15, 0.2) is 12.2 Å². The second-order valence-electron chi connectivity index (χ2n) is 13.2. The van der Waals surface area contributed by atoms with Crippen LogP contribution in [0.1, 0.15) is 149 Å². The summed E-state index contributed by atoms with van der Waals surface area (Å²) in [4.78, 5) is 24.3. The molecule has 1 rings (SSSR count). The number of rotatable bonds is 27. The lowest BCUT2D eigenvalue weighted by atomic mass is 9.88. The highest BCUT2D eigenvalue weighted by Gasteiger charge is 2.39. The monoisotopic (exact) mass is 626 g/mol. The summed E-state index contributed by atoms with van der Waals surface area (Å²) in [5.74, 6) is -0.116. The Balaban J connectivity index is 2.16. The van der Waals surface area contributed by atoms with Crippen LogP contribution >= 0.6 is 0 Å². The van der Waals surface area contributed by atoms with Gasteiger partial charge in [0.15, 0.2) is 6.10 Å². The zero-order chi connectivity index (χ0) is 32.6. The van der Waals surface area contributed by atoms with Crippen molar-refractivity contribution in [2.75, 3.05) is 13.2 Å². The van der Waals surface area contributed by atoms with Gasteiger partial charge in [0.25, 0.3) is 0 Å². The summed E-state index contributed by atoms with van der Waals surface area (Å²) >= 11 is 0. The molecule has 1 aliphatic rings. The highest BCUT2D eigenvalue weighted by atomic mass is 16.6. The Morgan fingerprint density at radius 1 is 0.818 bits per heavy atom. The number of aliphatic hydroxyl groups is 4. The standard InChI is InChI=1S/C36H66O8/c1-4-6-13-19-29(38)23-24-32-31(33(39)25-34(32)40)20-15-11-12-17-22-36(42)44-30(26-37)27-43-35(41)21-16-10-8-7-9-14-18-28(3)5-2/h23-24,28-34,37-40H,4-22,25-27H2,1-3H3/b24-23+/t28?,29-,30-,31+,32+,33-,34+/m0/s1. The van der Waals surface area contributed by atoms with E-state index in [0.717, 1.165) is 70.1 Å². The van der Waals surface area contributed by atoms with Crippen molar-refractivity contribution in [2.24, 2.45) is 17.8 Å². The zero-order valence-corrected chi connectivity index (χ0v) is 28.2. The Labute approximate surface area is 268 Å². The fourth-order valence-electron chi connectivity index (χ4n) is 6.04. The van der Waals surface area contributed by atoms with Gasteiger partial charge in [-0.1, -0.05) is 116 Å². The molecule has 0 aromatic heterocycles. The Morgan fingerprint density at radius 3 is 2.09 bits per heavy atom. The van der Waals surface area contributed by atoms with Crippen molar-refractivity contribution < 1.29 is 39.5 Å². The first-order chi connectivity index (χ1) is 21.2. The van der Waals surface area contributed by atoms with Crippen LogP contribution in [-0.4, -0.2) is 70.0 Å². The van der Waals surface area contributed by atoms with Gasteiger partial charge in [0.1, 0.15) is 6.61 Å². The summed E-state index contributed by atoms with van der Waals surface area (Å²) in [6, 6.07) is 0. The number of ether oxygens (including phenoxy) is 2. The number of hydrogen-bond donors (Lipinski definition) is 4. The molecule has 0 heterocycles. The molecule has 1 unspecified atom stereocenters. The average molecular weight is 627 g/mol. The zero-order valence-electron chi connectivity index (χ0n) is 28.2. The van der Waals surface area contributed by atoms with Crippen LogP contribution < -0.4 is 0 Å². The van der Waals surface area contributed by atoms with Gasteiger partial charge in [-0.2, -0.15) is 0 Å². The van der Waals surface area contributed by atoms with Crippen molar-refractivity contribution in [3.63, 3.8) is 0 Å². The van der Waals surface area contributed by atoms with E-state index in [1.54, 1.807) is 6.08 Å². The van der Waals surface area contributed by atoms with E-state index >= 15 is 0 Å². The van der Waals surface area contributed by atoms with Gasteiger partial charge in [0.05, 0.1) is 24.9 Å². The number of hydrogen-bond acceptors (Lipinski definition) is 8. The lowest BCUT2D eigenvalue weighted by molar-refractivity contribution is -0.161. The molecule has 0 aromatic carbocycles. The van der Waals surface area contributed by atoms with E-state index in [4.69, 9.17) is 9.47 Å². The Bertz CT molecular complexity index is 756. The molecule has 0 aromatic rings. The number of unbranched alkanes of at least 4 members (excludes halogenated alkanes) is 10. The molecule has 0 saturated heterocycles. The number of carbonyl (C=O) groups excluding carboxylic acids is 2. The van der Waals surface area contributed by atoms with Crippen LogP contribution in [0.3, 0.4) is 0 Å². The summed E-state index contributed by atoms with van der Waals surface area (Å²) in [6.45, 7) is 6.14. The quantitative estimate of drug-likeness (QED) is 0.0445. The van der Waals surface area contributed by atoms with Crippen LogP contribution in [0.5, 0.6) is 0 Å². The van der Waals surface area contributed by atoms with Gasteiger partial charge in [0, 0.05) is 25.2 Å². The fraction of sp³-hybridized carbons (Fsp3) is 0.889. The van der Waals surface area contributed by atoms with Gasteiger partial charge in [-0.05, 0) is 37.5 Å². The second kappa shape index (κ2) is 25.7. The van der Waals surface area contributed by atoms with Gasteiger partial charge in [-0.3, -0.25) is 9.59 Å². The first-order valence-electron chi connectivity index (χ1n) is 17.9. The minimum atomic E-state index is -0.845. The molecule has 8 nitrogen and oxygen atoms in total. The highest BCUT2D eigenvalue weighted by molar-refractivity contribution is 5.70. The van der Waals surface area contributed by atoms with E-state index in [9.17, 15) is 30.0 Å². The van der Waals surface area contributed by atoms with Crippen molar-refractivity contribution in [1.82, 2.24) is 0 Å². The van der Waals surface area contributed by atoms with Gasteiger partial charge < -0.3 is 29.9 Å². The van der Waals surface area contributed by atoms with E-state index in [2.05, 4.69) is 20.8 Å². The maximum absolute atomic E-state index is 12.2. The SMILES string of the molecule is CCCCC[C@H](O)/C=C/[C@@H]1[C@@H](CCCCCCC(=O)O[C@@H](CO)COC(=O)CCCCCCCCC(C)CC)[C@@H](O)C[C@H]1O. The smallest absolute Gasteiger partial charge is 0.306 e. The lowest BCUT2D eigenvalue weighted by Crippen LogP contribution is -2.28. The predicted molar refractivity (Wildman–Crippen MR) is 175 cm³/mol. The first kappa shape index (κ1) is 40.5. The van der Waals surface area contributed by atoms with E-state index in [-0.39, 0.29) is 30.8 Å². The van der Waals surface area contributed by atoms with Crippen molar-refractivity contribution in [3.8, 4) is 0 Å². The van der Waals surface area contributed by atoms with Crippen molar-refractivity contribution in [1.29, 1.82) is 0 Å². The molecule has 0 radical (unpaired) electrons. The van der Waals surface area contributed by atoms with Crippen LogP contribution in [0, 0.1) is 17.8 Å². The van der Waals surface area contributed by atoms with E-state index in [1.807, 2.05) is 6.08 Å². The molecule has 44 heavy (non-hydrogen) atoms. The minimum absolute atomic E-state index is 0.0357. The maximum atomic E-state index is 12.2. The summed E-state index contributed by atoms with van der Waals surface area (Å²) < 4.78 is 10.5. The van der Waals surface area contributed by atoms with Crippen LogP contribution in [0.25, 0.3) is 0 Å². The molecule has 0 amide bonds. The molecule has 0 aliphatic heterocycles. The lowest BCUT2D eigenvalue weighted by Gasteiger charge is -2.21. The molecule has 0 spiro atoms. The van der Waals surface area contributed by atoms with Crippen molar-refractivity contribution in [3.05, 3.63) is 12.2 Å². The third kappa shape index (κ3) is 19.1. The molecule has 0 bridgehead atoms. The number of esters is 2. The average Bonchev–Trinajstić information content (AvgIpc) is 3.28. The molecular formula is C36H66O8.